The molecule has 0 saturated heterocycles. The third kappa shape index (κ3) is 3.25. The maximum Gasteiger partial charge on any atom is 0.296 e. The van der Waals surface area contributed by atoms with Crippen molar-refractivity contribution in [2.45, 2.75) is 37.8 Å². The van der Waals surface area contributed by atoms with Crippen LogP contribution in [0.25, 0.3) is 10.2 Å². The van der Waals surface area contributed by atoms with Crippen molar-refractivity contribution in [3.05, 3.63) is 64.4 Å². The zero-order chi connectivity index (χ0) is 22.7. The molecule has 3 aromatic rings. The van der Waals surface area contributed by atoms with Crippen molar-refractivity contribution in [1.82, 2.24) is 4.98 Å². The molecule has 33 heavy (non-hydrogen) atoms. The van der Waals surface area contributed by atoms with Gasteiger partial charge in [-0.2, -0.15) is 0 Å². The van der Waals surface area contributed by atoms with Crippen molar-refractivity contribution in [3.63, 3.8) is 0 Å². The Kier molecular flexibility index (Phi) is 4.92. The van der Waals surface area contributed by atoms with Gasteiger partial charge in [0.25, 0.3) is 5.91 Å². The van der Waals surface area contributed by atoms with E-state index in [1.54, 1.807) is 24.1 Å². The Bertz CT molecular complexity index is 1330. The number of nitrogens with zero attached hydrogens (tertiary/aromatic N) is 2. The standard InChI is InChI=1S/C25H21ClN2O4S/c1-31-15-9-10-17-19(12-15)33-25(27-17)28-21(13-5-4-6-14(26)11-13)20-22(29)16-7-2-3-8-18(16)32-23(20)24(28)30/h4-6,9-12,16,18,21H,2-3,7-8H2,1H3. The van der Waals surface area contributed by atoms with Crippen molar-refractivity contribution in [2.75, 3.05) is 12.0 Å². The van der Waals surface area contributed by atoms with Gasteiger partial charge in [0.1, 0.15) is 11.9 Å². The summed E-state index contributed by atoms with van der Waals surface area (Å²) < 4.78 is 12.5. The molecular formula is C25H21ClN2O4S. The molecular weight excluding hydrogens is 460 g/mol. The van der Waals surface area contributed by atoms with E-state index in [4.69, 9.17) is 26.1 Å². The van der Waals surface area contributed by atoms with Gasteiger partial charge in [0.15, 0.2) is 16.7 Å². The van der Waals surface area contributed by atoms with Gasteiger partial charge in [-0.15, -0.1) is 0 Å². The van der Waals surface area contributed by atoms with E-state index in [0.29, 0.717) is 15.7 Å². The zero-order valence-corrected chi connectivity index (χ0v) is 19.5. The number of fused-ring (bicyclic) bond motifs is 2. The lowest BCUT2D eigenvalue weighted by atomic mass is 9.77. The number of benzene rings is 2. The molecule has 3 heterocycles. The van der Waals surface area contributed by atoms with Gasteiger partial charge in [0, 0.05) is 5.02 Å². The molecule has 1 aliphatic carbocycles. The number of carbonyl (C=O) groups excluding carboxylic acids is 2. The molecule has 1 amide bonds. The molecule has 6 rings (SSSR count). The molecule has 0 N–H and O–H groups in total. The van der Waals surface area contributed by atoms with Gasteiger partial charge in [-0.3, -0.25) is 14.5 Å². The maximum absolute atomic E-state index is 13.7. The lowest BCUT2D eigenvalue weighted by Gasteiger charge is -2.35. The van der Waals surface area contributed by atoms with Gasteiger partial charge in [-0.25, -0.2) is 4.98 Å². The SMILES string of the molecule is COc1ccc2nc(N3C(=O)C4=C(C(=O)C5CCCCC5O4)C3c3cccc(Cl)c3)sc2c1. The second-order valence-electron chi connectivity index (χ2n) is 8.62. The summed E-state index contributed by atoms with van der Waals surface area (Å²) >= 11 is 7.70. The Labute approximate surface area is 199 Å². The summed E-state index contributed by atoms with van der Waals surface area (Å²) in [5.41, 5.74) is 1.96. The number of aromatic nitrogens is 1. The molecule has 6 nitrogen and oxygen atoms in total. The number of ketones is 1. The van der Waals surface area contributed by atoms with E-state index in [0.717, 1.165) is 47.2 Å². The summed E-state index contributed by atoms with van der Waals surface area (Å²) in [7, 11) is 1.61. The fraction of sp³-hybridized carbons (Fsp3) is 0.320. The number of thiazole rings is 1. The summed E-state index contributed by atoms with van der Waals surface area (Å²) in [5.74, 6) is 0.385. The molecule has 1 aromatic heterocycles. The second-order valence-corrected chi connectivity index (χ2v) is 10.1. The lowest BCUT2D eigenvalue weighted by molar-refractivity contribution is -0.131. The third-order valence-electron chi connectivity index (χ3n) is 6.72. The summed E-state index contributed by atoms with van der Waals surface area (Å²) in [4.78, 5) is 33.8. The molecule has 3 unspecified atom stereocenters. The van der Waals surface area contributed by atoms with E-state index in [-0.39, 0.29) is 29.5 Å². The predicted octanol–water partition coefficient (Wildman–Crippen LogP) is 5.46. The fourth-order valence-electron chi connectivity index (χ4n) is 5.16. The number of rotatable bonds is 3. The van der Waals surface area contributed by atoms with Crippen molar-refractivity contribution >= 4 is 50.0 Å². The van der Waals surface area contributed by atoms with Crippen LogP contribution in [-0.4, -0.2) is 29.9 Å². The summed E-state index contributed by atoms with van der Waals surface area (Å²) in [5, 5.41) is 1.06. The Morgan fingerprint density at radius 3 is 2.82 bits per heavy atom. The molecule has 168 valence electrons. The highest BCUT2D eigenvalue weighted by Gasteiger charge is 2.53. The van der Waals surface area contributed by atoms with Gasteiger partial charge >= 0.3 is 0 Å². The van der Waals surface area contributed by atoms with Crippen LogP contribution in [0.2, 0.25) is 5.02 Å². The average molecular weight is 481 g/mol. The first kappa shape index (κ1) is 20.7. The summed E-state index contributed by atoms with van der Waals surface area (Å²) in [6.07, 6.45) is 3.36. The molecule has 1 saturated carbocycles. The van der Waals surface area contributed by atoms with Gasteiger partial charge in [0.05, 0.1) is 34.9 Å². The van der Waals surface area contributed by atoms with Crippen LogP contribution in [0.15, 0.2) is 53.8 Å². The minimum absolute atomic E-state index is 0.0181. The molecule has 8 heteroatoms. The minimum atomic E-state index is -0.621. The molecule has 0 radical (unpaired) electrons. The molecule has 2 aliphatic heterocycles. The third-order valence-corrected chi connectivity index (χ3v) is 7.97. The Morgan fingerprint density at radius 2 is 2.00 bits per heavy atom. The molecule has 2 aromatic carbocycles. The molecule has 3 atom stereocenters. The van der Waals surface area contributed by atoms with Gasteiger partial charge < -0.3 is 9.47 Å². The first-order valence-corrected chi connectivity index (χ1v) is 12.2. The Morgan fingerprint density at radius 1 is 1.15 bits per heavy atom. The van der Waals surface area contributed by atoms with Crippen LogP contribution in [0.3, 0.4) is 0 Å². The predicted molar refractivity (Wildman–Crippen MR) is 127 cm³/mol. The Hall–Kier alpha value is -2.90. The summed E-state index contributed by atoms with van der Waals surface area (Å²) in [6.45, 7) is 0. The van der Waals surface area contributed by atoms with E-state index in [2.05, 4.69) is 0 Å². The zero-order valence-electron chi connectivity index (χ0n) is 17.9. The van der Waals surface area contributed by atoms with Crippen LogP contribution in [0.5, 0.6) is 5.75 Å². The quantitative estimate of drug-likeness (QED) is 0.498. The largest absolute Gasteiger partial charge is 0.497 e. The van der Waals surface area contributed by atoms with Crippen molar-refractivity contribution in [2.24, 2.45) is 5.92 Å². The number of anilines is 1. The van der Waals surface area contributed by atoms with Crippen LogP contribution in [-0.2, 0) is 14.3 Å². The van der Waals surface area contributed by atoms with Crippen molar-refractivity contribution in [1.29, 1.82) is 0 Å². The van der Waals surface area contributed by atoms with Crippen LogP contribution in [0, 0.1) is 5.92 Å². The number of hydrogen-bond donors (Lipinski definition) is 0. The number of Topliss-reactive ketones (excluding diaryl/α,β-unsaturated/α-hetero) is 1. The van der Waals surface area contributed by atoms with Gasteiger partial charge in [0.2, 0.25) is 0 Å². The molecule has 3 aliphatic rings. The highest BCUT2D eigenvalue weighted by molar-refractivity contribution is 7.22. The monoisotopic (exact) mass is 480 g/mol. The van der Waals surface area contributed by atoms with E-state index in [9.17, 15) is 9.59 Å². The van der Waals surface area contributed by atoms with Gasteiger partial charge in [-0.1, -0.05) is 41.5 Å². The highest BCUT2D eigenvalue weighted by atomic mass is 35.5. The van der Waals surface area contributed by atoms with Gasteiger partial charge in [-0.05, 0) is 55.2 Å². The Balaban J connectivity index is 1.51. The van der Waals surface area contributed by atoms with E-state index >= 15 is 0 Å². The van der Waals surface area contributed by atoms with Crippen molar-refractivity contribution < 1.29 is 19.1 Å². The molecule has 0 spiro atoms. The first-order valence-electron chi connectivity index (χ1n) is 11.0. The van der Waals surface area contributed by atoms with E-state index in [1.165, 1.54) is 11.3 Å². The van der Waals surface area contributed by atoms with Crippen LogP contribution in [0.4, 0.5) is 5.13 Å². The lowest BCUT2D eigenvalue weighted by Crippen LogP contribution is -2.39. The number of amides is 1. The second kappa shape index (κ2) is 7.85. The maximum atomic E-state index is 13.7. The van der Waals surface area contributed by atoms with Crippen LogP contribution < -0.4 is 9.64 Å². The van der Waals surface area contributed by atoms with Crippen LogP contribution in [0.1, 0.15) is 37.3 Å². The molecule has 0 bridgehead atoms. The first-order chi connectivity index (χ1) is 16.0. The minimum Gasteiger partial charge on any atom is -0.497 e. The smallest absolute Gasteiger partial charge is 0.296 e. The normalized spacial score (nSPS) is 24.7. The van der Waals surface area contributed by atoms with Crippen LogP contribution >= 0.6 is 22.9 Å². The number of halogens is 1. The number of carbonyl (C=O) groups is 2. The van der Waals surface area contributed by atoms with Crippen molar-refractivity contribution in [3.8, 4) is 5.75 Å². The fourth-order valence-corrected chi connectivity index (χ4v) is 6.38. The average Bonchev–Trinajstić information content (AvgIpc) is 3.37. The number of methoxy groups -OCH3 is 1. The summed E-state index contributed by atoms with van der Waals surface area (Å²) in [6, 6.07) is 12.3. The number of ether oxygens (including phenoxy) is 2. The number of hydrogen-bond acceptors (Lipinski definition) is 6. The van der Waals surface area contributed by atoms with E-state index < -0.39 is 6.04 Å². The molecule has 1 fully saturated rings. The van der Waals surface area contributed by atoms with E-state index in [1.807, 2.05) is 30.3 Å². The highest BCUT2D eigenvalue weighted by Crippen LogP contribution is 2.49. The topological polar surface area (TPSA) is 68.7 Å².